The first-order chi connectivity index (χ1) is 7.06. The van der Waals surface area contributed by atoms with Crippen LogP contribution in [0.4, 0.5) is 4.39 Å². The van der Waals surface area contributed by atoms with Gasteiger partial charge in [0.25, 0.3) is 0 Å². The summed E-state index contributed by atoms with van der Waals surface area (Å²) >= 11 is 0. The lowest BCUT2D eigenvalue weighted by molar-refractivity contribution is -0.143. The largest absolute Gasteiger partial charge is 0.504 e. The van der Waals surface area contributed by atoms with Gasteiger partial charge in [0.2, 0.25) is 6.17 Å². The molecule has 1 aromatic rings. The lowest BCUT2D eigenvalue weighted by atomic mass is 10.1. The Balaban J connectivity index is 3.01. The van der Waals surface area contributed by atoms with Gasteiger partial charge in [0.1, 0.15) is 0 Å². The minimum absolute atomic E-state index is 0.0521. The van der Waals surface area contributed by atoms with E-state index >= 15 is 0 Å². The Morgan fingerprint density at radius 3 is 2.80 bits per heavy atom. The van der Waals surface area contributed by atoms with Crippen LogP contribution in [0.2, 0.25) is 0 Å². The van der Waals surface area contributed by atoms with Crippen molar-refractivity contribution in [3.8, 4) is 11.5 Å². The molecule has 1 unspecified atom stereocenters. The molecule has 15 heavy (non-hydrogen) atoms. The zero-order valence-electron chi connectivity index (χ0n) is 8.11. The van der Waals surface area contributed by atoms with Crippen LogP contribution in [0.15, 0.2) is 18.2 Å². The number of phenolic OH excluding ortho intramolecular Hbond substituents is 1. The maximum atomic E-state index is 13.1. The first-order valence-corrected chi connectivity index (χ1v) is 4.38. The molecule has 0 amide bonds. The number of aliphatic carboxylic acids is 1. The third-order valence-corrected chi connectivity index (χ3v) is 1.79. The molecule has 5 heteroatoms. The number of hydrogen-bond acceptors (Lipinski definition) is 3. The number of benzene rings is 1. The fourth-order valence-electron chi connectivity index (χ4n) is 1.10. The van der Waals surface area contributed by atoms with Crippen LogP contribution in [0.25, 0.3) is 0 Å². The van der Waals surface area contributed by atoms with Crippen molar-refractivity contribution in [1.82, 2.24) is 0 Å². The average molecular weight is 214 g/mol. The number of carbonyl (C=O) groups is 1. The number of rotatable bonds is 4. The van der Waals surface area contributed by atoms with Crippen molar-refractivity contribution in [1.29, 1.82) is 0 Å². The highest BCUT2D eigenvalue weighted by atomic mass is 19.1. The van der Waals surface area contributed by atoms with E-state index < -0.39 is 12.1 Å². The minimum Gasteiger partial charge on any atom is -0.504 e. The predicted molar refractivity (Wildman–Crippen MR) is 50.8 cm³/mol. The number of aromatic hydroxyl groups is 1. The summed E-state index contributed by atoms with van der Waals surface area (Å²) in [4.78, 5) is 10.4. The predicted octanol–water partition coefficient (Wildman–Crippen LogP) is 1.89. The van der Waals surface area contributed by atoms with Crippen LogP contribution in [-0.4, -0.2) is 22.8 Å². The summed E-state index contributed by atoms with van der Waals surface area (Å²) in [5.41, 5.74) is -0.0521. The number of carboxylic acid groups (broad SMARTS) is 1. The molecule has 82 valence electrons. The number of halogens is 1. The summed E-state index contributed by atoms with van der Waals surface area (Å²) in [7, 11) is 0. The van der Waals surface area contributed by atoms with E-state index in [1.165, 1.54) is 18.2 Å². The first-order valence-electron chi connectivity index (χ1n) is 4.38. The van der Waals surface area contributed by atoms with Crippen LogP contribution in [0, 0.1) is 0 Å². The molecular weight excluding hydrogens is 203 g/mol. The number of alkyl halides is 1. The maximum absolute atomic E-state index is 13.1. The monoisotopic (exact) mass is 214 g/mol. The molecule has 2 N–H and O–H groups in total. The Kier molecular flexibility index (Phi) is 3.49. The molecule has 0 aliphatic heterocycles. The number of carboxylic acids is 1. The Morgan fingerprint density at radius 2 is 2.27 bits per heavy atom. The van der Waals surface area contributed by atoms with Crippen LogP contribution < -0.4 is 4.74 Å². The molecule has 0 aliphatic rings. The quantitative estimate of drug-likeness (QED) is 0.803. The van der Waals surface area contributed by atoms with Crippen molar-refractivity contribution < 1.29 is 24.1 Å². The molecular formula is C10H11FO4. The van der Waals surface area contributed by atoms with E-state index in [1.54, 1.807) is 6.92 Å². The van der Waals surface area contributed by atoms with E-state index in [-0.39, 0.29) is 17.1 Å². The van der Waals surface area contributed by atoms with Gasteiger partial charge in [0.15, 0.2) is 11.5 Å². The Morgan fingerprint density at radius 1 is 1.60 bits per heavy atom. The number of hydrogen-bond donors (Lipinski definition) is 2. The summed E-state index contributed by atoms with van der Waals surface area (Å²) in [5, 5.41) is 17.7. The van der Waals surface area contributed by atoms with Crippen molar-refractivity contribution in [3.05, 3.63) is 23.8 Å². The van der Waals surface area contributed by atoms with Gasteiger partial charge in [-0.15, -0.1) is 0 Å². The van der Waals surface area contributed by atoms with E-state index in [9.17, 15) is 14.3 Å². The molecule has 0 saturated heterocycles. The summed E-state index contributed by atoms with van der Waals surface area (Å²) in [6, 6.07) is 3.59. The second kappa shape index (κ2) is 4.63. The average Bonchev–Trinajstić information content (AvgIpc) is 2.20. The van der Waals surface area contributed by atoms with Gasteiger partial charge in [-0.3, -0.25) is 0 Å². The summed E-state index contributed by atoms with van der Waals surface area (Å²) in [5.74, 6) is -1.62. The fourth-order valence-corrected chi connectivity index (χ4v) is 1.10. The summed E-state index contributed by atoms with van der Waals surface area (Å²) in [6.07, 6.45) is -2.11. The molecule has 1 aromatic carbocycles. The number of ether oxygens (including phenoxy) is 1. The molecule has 1 atom stereocenters. The first kappa shape index (κ1) is 11.3. The minimum atomic E-state index is -2.11. The van der Waals surface area contributed by atoms with Crippen molar-refractivity contribution in [2.75, 3.05) is 6.61 Å². The van der Waals surface area contributed by atoms with Gasteiger partial charge in [0.05, 0.1) is 6.61 Å². The third kappa shape index (κ3) is 2.59. The zero-order chi connectivity index (χ0) is 11.4. The molecule has 1 rings (SSSR count). The highest BCUT2D eigenvalue weighted by Crippen LogP contribution is 2.30. The number of phenols is 1. The van der Waals surface area contributed by atoms with Crippen LogP contribution in [0.3, 0.4) is 0 Å². The van der Waals surface area contributed by atoms with Gasteiger partial charge >= 0.3 is 5.97 Å². The SMILES string of the molecule is CCOc1cc(C(F)C(=O)O)ccc1O. The Hall–Kier alpha value is -1.78. The Labute approximate surface area is 85.9 Å². The van der Waals surface area contributed by atoms with Gasteiger partial charge in [-0.05, 0) is 19.1 Å². The van der Waals surface area contributed by atoms with Crippen molar-refractivity contribution >= 4 is 5.97 Å². The molecule has 0 aliphatic carbocycles. The van der Waals surface area contributed by atoms with Gasteiger partial charge in [-0.1, -0.05) is 6.07 Å². The Bertz CT molecular complexity index is 364. The normalized spacial score (nSPS) is 12.1. The molecule has 0 radical (unpaired) electrons. The summed E-state index contributed by atoms with van der Waals surface area (Å²) < 4.78 is 18.1. The molecule has 0 fully saturated rings. The second-order valence-electron chi connectivity index (χ2n) is 2.86. The van der Waals surface area contributed by atoms with Gasteiger partial charge in [-0.2, -0.15) is 0 Å². The molecule has 0 bridgehead atoms. The van der Waals surface area contributed by atoms with Crippen LogP contribution in [-0.2, 0) is 4.79 Å². The lowest BCUT2D eigenvalue weighted by Gasteiger charge is -2.08. The highest BCUT2D eigenvalue weighted by Gasteiger charge is 2.19. The lowest BCUT2D eigenvalue weighted by Crippen LogP contribution is -2.06. The van der Waals surface area contributed by atoms with E-state index in [2.05, 4.69) is 0 Å². The van der Waals surface area contributed by atoms with Crippen molar-refractivity contribution in [3.63, 3.8) is 0 Å². The molecule has 0 spiro atoms. The van der Waals surface area contributed by atoms with Gasteiger partial charge in [0, 0.05) is 5.56 Å². The van der Waals surface area contributed by atoms with Crippen molar-refractivity contribution in [2.45, 2.75) is 13.1 Å². The third-order valence-electron chi connectivity index (χ3n) is 1.79. The van der Waals surface area contributed by atoms with E-state index in [4.69, 9.17) is 9.84 Å². The molecule has 0 aromatic heterocycles. The smallest absolute Gasteiger partial charge is 0.343 e. The second-order valence-corrected chi connectivity index (χ2v) is 2.86. The topological polar surface area (TPSA) is 66.8 Å². The van der Waals surface area contributed by atoms with E-state index in [0.29, 0.717) is 6.61 Å². The van der Waals surface area contributed by atoms with Crippen molar-refractivity contribution in [2.24, 2.45) is 0 Å². The molecule has 4 nitrogen and oxygen atoms in total. The van der Waals surface area contributed by atoms with Gasteiger partial charge in [-0.25, -0.2) is 9.18 Å². The standard InChI is InChI=1S/C10H11FO4/c1-2-15-8-5-6(3-4-7(8)12)9(11)10(13)14/h3-5,9,12H,2H2,1H3,(H,13,14). The fraction of sp³-hybridized carbons (Fsp3) is 0.300. The van der Waals surface area contributed by atoms with Crippen LogP contribution in [0.1, 0.15) is 18.7 Å². The van der Waals surface area contributed by atoms with Gasteiger partial charge < -0.3 is 14.9 Å². The highest BCUT2D eigenvalue weighted by molar-refractivity contribution is 5.74. The van der Waals surface area contributed by atoms with Crippen LogP contribution >= 0.6 is 0 Å². The molecule has 0 saturated carbocycles. The van der Waals surface area contributed by atoms with Crippen LogP contribution in [0.5, 0.6) is 11.5 Å². The zero-order valence-corrected chi connectivity index (χ0v) is 8.11. The van der Waals surface area contributed by atoms with E-state index in [0.717, 1.165) is 0 Å². The summed E-state index contributed by atoms with van der Waals surface area (Å²) in [6.45, 7) is 2.01. The van der Waals surface area contributed by atoms with E-state index in [1.807, 2.05) is 0 Å². The molecule has 0 heterocycles. The maximum Gasteiger partial charge on any atom is 0.343 e.